The Kier molecular flexibility index (Phi) is 3.33. The first-order chi connectivity index (χ1) is 8.84. The summed E-state index contributed by atoms with van der Waals surface area (Å²) < 4.78 is 50.2. The molecule has 6 nitrogen and oxygen atoms in total. The summed E-state index contributed by atoms with van der Waals surface area (Å²) >= 11 is 0. The summed E-state index contributed by atoms with van der Waals surface area (Å²) in [4.78, 5) is 0. The van der Waals surface area contributed by atoms with Crippen LogP contribution in [0.25, 0.3) is 11.4 Å². The first kappa shape index (κ1) is 13.6. The Bertz CT molecular complexity index is 727. The molecular weight excluding hydrogens is 278 g/mol. The summed E-state index contributed by atoms with van der Waals surface area (Å²) in [7, 11) is -4.06. The maximum atomic E-state index is 13.7. The molecule has 0 aliphatic carbocycles. The molecule has 102 valence electrons. The molecule has 0 saturated carbocycles. The highest BCUT2D eigenvalue weighted by atomic mass is 32.2. The number of halogens is 2. The van der Waals surface area contributed by atoms with Crippen molar-refractivity contribution in [3.8, 4) is 11.4 Å². The molecule has 2 aromatic rings. The maximum Gasteiger partial charge on any atom is 0.273 e. The lowest BCUT2D eigenvalue weighted by Crippen LogP contribution is -2.18. The largest absolute Gasteiger partial charge is 0.297 e. The summed E-state index contributed by atoms with van der Waals surface area (Å²) in [6.07, 6.45) is 0. The van der Waals surface area contributed by atoms with Gasteiger partial charge in [0.05, 0.1) is 5.56 Å². The predicted octanol–water partition coefficient (Wildman–Crippen LogP) is 0.891. The number of hydrogen-bond donors (Lipinski definition) is 1. The Morgan fingerprint density at radius 1 is 1.32 bits per heavy atom. The second-order valence-corrected chi connectivity index (χ2v) is 5.17. The van der Waals surface area contributed by atoms with Crippen LogP contribution in [0.3, 0.4) is 0 Å². The fraction of sp³-hybridized carbons (Fsp3) is 0.200. The van der Waals surface area contributed by atoms with E-state index in [1.54, 1.807) is 6.92 Å². The van der Waals surface area contributed by atoms with Gasteiger partial charge in [0.25, 0.3) is 15.2 Å². The SMILES string of the molecule is CCn1c(-c2ccc(F)cc2F)nnc1S(N)(=O)=O. The second-order valence-electron chi connectivity index (χ2n) is 3.72. The Hall–Kier alpha value is -1.87. The number of primary sulfonamides is 1. The van der Waals surface area contributed by atoms with Crippen molar-refractivity contribution in [2.24, 2.45) is 5.14 Å². The van der Waals surface area contributed by atoms with E-state index in [-0.39, 0.29) is 17.9 Å². The van der Waals surface area contributed by atoms with Crippen molar-refractivity contribution in [2.45, 2.75) is 18.6 Å². The molecule has 19 heavy (non-hydrogen) atoms. The van der Waals surface area contributed by atoms with E-state index >= 15 is 0 Å². The lowest BCUT2D eigenvalue weighted by atomic mass is 10.2. The normalized spacial score (nSPS) is 11.8. The van der Waals surface area contributed by atoms with E-state index in [9.17, 15) is 17.2 Å². The third kappa shape index (κ3) is 2.47. The highest BCUT2D eigenvalue weighted by molar-refractivity contribution is 7.89. The van der Waals surface area contributed by atoms with Gasteiger partial charge < -0.3 is 0 Å². The predicted molar refractivity (Wildman–Crippen MR) is 62.4 cm³/mol. The topological polar surface area (TPSA) is 90.9 Å². The first-order valence-corrected chi connectivity index (χ1v) is 6.80. The van der Waals surface area contributed by atoms with E-state index in [1.165, 1.54) is 0 Å². The number of sulfonamides is 1. The molecule has 2 N–H and O–H groups in total. The van der Waals surface area contributed by atoms with Crippen molar-refractivity contribution in [1.29, 1.82) is 0 Å². The zero-order valence-corrected chi connectivity index (χ0v) is 10.7. The van der Waals surface area contributed by atoms with Crippen molar-refractivity contribution < 1.29 is 17.2 Å². The van der Waals surface area contributed by atoms with E-state index in [2.05, 4.69) is 10.2 Å². The molecule has 2 rings (SSSR count). The molecular formula is C10H10F2N4O2S. The average molecular weight is 288 g/mol. The van der Waals surface area contributed by atoms with E-state index in [0.29, 0.717) is 6.07 Å². The minimum atomic E-state index is -4.06. The van der Waals surface area contributed by atoms with Crippen LogP contribution in [0.2, 0.25) is 0 Å². The number of hydrogen-bond acceptors (Lipinski definition) is 4. The van der Waals surface area contributed by atoms with Gasteiger partial charge in [0.1, 0.15) is 11.6 Å². The molecule has 0 fully saturated rings. The Labute approximate surface area is 107 Å². The van der Waals surface area contributed by atoms with Crippen LogP contribution in [0, 0.1) is 11.6 Å². The molecule has 0 atom stereocenters. The van der Waals surface area contributed by atoms with E-state index < -0.39 is 26.8 Å². The summed E-state index contributed by atoms with van der Waals surface area (Å²) in [6, 6.07) is 2.89. The van der Waals surface area contributed by atoms with Crippen molar-refractivity contribution in [3.63, 3.8) is 0 Å². The minimum Gasteiger partial charge on any atom is -0.297 e. The number of aromatic nitrogens is 3. The van der Waals surface area contributed by atoms with Gasteiger partial charge in [-0.05, 0) is 19.1 Å². The van der Waals surface area contributed by atoms with E-state index in [4.69, 9.17) is 5.14 Å². The van der Waals surface area contributed by atoms with Gasteiger partial charge >= 0.3 is 0 Å². The van der Waals surface area contributed by atoms with Crippen LogP contribution in [0.15, 0.2) is 23.4 Å². The van der Waals surface area contributed by atoms with E-state index in [0.717, 1.165) is 16.7 Å². The molecule has 1 aromatic heterocycles. The van der Waals surface area contributed by atoms with Crippen LogP contribution < -0.4 is 5.14 Å². The van der Waals surface area contributed by atoms with Gasteiger partial charge in [-0.25, -0.2) is 22.3 Å². The third-order valence-electron chi connectivity index (χ3n) is 2.46. The van der Waals surface area contributed by atoms with Crippen molar-refractivity contribution in [2.75, 3.05) is 0 Å². The van der Waals surface area contributed by atoms with Gasteiger partial charge in [-0.2, -0.15) is 0 Å². The average Bonchev–Trinajstić information content (AvgIpc) is 2.72. The molecule has 1 heterocycles. The molecule has 0 spiro atoms. The number of nitrogens with zero attached hydrogens (tertiary/aromatic N) is 3. The van der Waals surface area contributed by atoms with Crippen LogP contribution in [0.4, 0.5) is 8.78 Å². The third-order valence-corrected chi connectivity index (χ3v) is 3.27. The molecule has 9 heteroatoms. The summed E-state index contributed by atoms with van der Waals surface area (Å²) in [5, 5.41) is 11.6. The molecule has 0 aliphatic rings. The molecule has 0 amide bonds. The second kappa shape index (κ2) is 4.67. The molecule has 0 unspecified atom stereocenters. The lowest BCUT2D eigenvalue weighted by Gasteiger charge is -2.06. The van der Waals surface area contributed by atoms with Crippen molar-refractivity contribution >= 4 is 10.0 Å². The van der Waals surface area contributed by atoms with Gasteiger partial charge in [0.2, 0.25) is 0 Å². The smallest absolute Gasteiger partial charge is 0.273 e. The summed E-state index contributed by atoms with van der Waals surface area (Å²) in [6.45, 7) is 1.80. The number of nitrogens with two attached hydrogens (primary N) is 1. The van der Waals surface area contributed by atoms with Crippen LogP contribution in [-0.4, -0.2) is 23.2 Å². The Balaban J connectivity index is 2.67. The Morgan fingerprint density at radius 2 is 2.00 bits per heavy atom. The quantitative estimate of drug-likeness (QED) is 0.908. The van der Waals surface area contributed by atoms with Gasteiger partial charge in [0, 0.05) is 12.6 Å². The molecule has 1 aromatic carbocycles. The lowest BCUT2D eigenvalue weighted by molar-refractivity contribution is 0.567. The highest BCUT2D eigenvalue weighted by Gasteiger charge is 2.22. The number of benzene rings is 1. The van der Waals surface area contributed by atoms with Crippen LogP contribution in [0.1, 0.15) is 6.92 Å². The van der Waals surface area contributed by atoms with Crippen LogP contribution in [0.5, 0.6) is 0 Å². The molecule has 0 aliphatic heterocycles. The molecule has 0 radical (unpaired) electrons. The molecule has 0 saturated heterocycles. The minimum absolute atomic E-state index is 0.0241. The first-order valence-electron chi connectivity index (χ1n) is 5.26. The van der Waals surface area contributed by atoms with Gasteiger partial charge in [-0.1, -0.05) is 0 Å². The van der Waals surface area contributed by atoms with Gasteiger partial charge in [-0.15, -0.1) is 10.2 Å². The van der Waals surface area contributed by atoms with Gasteiger partial charge in [-0.3, -0.25) is 4.57 Å². The monoisotopic (exact) mass is 288 g/mol. The standard InChI is InChI=1S/C10H10F2N4O2S/c1-2-16-9(14-15-10(16)19(13,17)18)7-4-3-6(11)5-8(7)12/h3-5H,2H2,1H3,(H2,13,17,18). The zero-order valence-electron chi connectivity index (χ0n) is 9.84. The van der Waals surface area contributed by atoms with Crippen molar-refractivity contribution in [1.82, 2.24) is 14.8 Å². The van der Waals surface area contributed by atoms with Crippen LogP contribution >= 0.6 is 0 Å². The van der Waals surface area contributed by atoms with Crippen molar-refractivity contribution in [3.05, 3.63) is 29.8 Å². The fourth-order valence-corrected chi connectivity index (χ4v) is 2.33. The molecule has 0 bridgehead atoms. The number of rotatable bonds is 3. The van der Waals surface area contributed by atoms with Gasteiger partial charge in [0.15, 0.2) is 5.82 Å². The van der Waals surface area contributed by atoms with E-state index in [1.807, 2.05) is 0 Å². The highest BCUT2D eigenvalue weighted by Crippen LogP contribution is 2.23. The fourth-order valence-electron chi connectivity index (χ4n) is 1.65. The summed E-state index contributed by atoms with van der Waals surface area (Å²) in [5.41, 5.74) is -0.0503. The summed E-state index contributed by atoms with van der Waals surface area (Å²) in [5.74, 6) is -1.62. The van der Waals surface area contributed by atoms with Crippen LogP contribution in [-0.2, 0) is 16.6 Å². The maximum absolute atomic E-state index is 13.7. The Morgan fingerprint density at radius 3 is 2.53 bits per heavy atom. The zero-order chi connectivity index (χ0) is 14.2.